The Morgan fingerprint density at radius 1 is 0.406 bits per heavy atom. The van der Waals surface area contributed by atoms with Gasteiger partial charge in [-0.15, -0.1) is 0 Å². The first-order valence-electron chi connectivity index (χ1n) is 9.55. The van der Waals surface area contributed by atoms with Crippen LogP contribution in [0.1, 0.15) is 22.3 Å². The van der Waals surface area contributed by atoms with Gasteiger partial charge in [0.15, 0.2) is 11.6 Å². The van der Waals surface area contributed by atoms with Crippen molar-refractivity contribution >= 4 is 0 Å². The van der Waals surface area contributed by atoms with E-state index in [1.807, 2.05) is 30.3 Å². The molecule has 0 aromatic heterocycles. The molecule has 0 atom stereocenters. The van der Waals surface area contributed by atoms with E-state index in [-0.39, 0.29) is 17.2 Å². The molecule has 0 N–H and O–H groups in total. The number of hydrogen-bond donors (Lipinski definition) is 0. The SMILES string of the molecule is Fc1ccc(C#Cc2ccc(F)cc2)cc1.Fc1cccc(C#Cc2ccccc2)c1F. The molecule has 4 heteroatoms. The summed E-state index contributed by atoms with van der Waals surface area (Å²) in [5, 5.41) is 0. The number of rotatable bonds is 0. The van der Waals surface area contributed by atoms with E-state index in [9.17, 15) is 17.6 Å². The highest BCUT2D eigenvalue weighted by Crippen LogP contribution is 2.10. The van der Waals surface area contributed by atoms with Crippen molar-refractivity contribution in [2.75, 3.05) is 0 Å². The van der Waals surface area contributed by atoms with Gasteiger partial charge in [-0.1, -0.05) is 47.9 Å². The fourth-order valence-electron chi connectivity index (χ4n) is 2.47. The van der Waals surface area contributed by atoms with Crippen LogP contribution in [0.5, 0.6) is 0 Å². The average Bonchev–Trinajstić information content (AvgIpc) is 2.82. The molecule has 0 amide bonds. The van der Waals surface area contributed by atoms with Gasteiger partial charge in [0.05, 0.1) is 5.56 Å². The second kappa shape index (κ2) is 11.2. The summed E-state index contributed by atoms with van der Waals surface area (Å²) in [5.41, 5.74) is 2.30. The quantitative estimate of drug-likeness (QED) is 0.215. The van der Waals surface area contributed by atoms with E-state index >= 15 is 0 Å². The van der Waals surface area contributed by atoms with E-state index in [0.717, 1.165) is 22.8 Å². The van der Waals surface area contributed by atoms with E-state index in [0.29, 0.717) is 0 Å². The molecule has 0 heterocycles. The van der Waals surface area contributed by atoms with Gasteiger partial charge in [-0.2, -0.15) is 0 Å². The lowest BCUT2D eigenvalue weighted by Gasteiger charge is -1.94. The molecule has 0 spiro atoms. The maximum absolute atomic E-state index is 13.2. The van der Waals surface area contributed by atoms with Gasteiger partial charge >= 0.3 is 0 Å². The van der Waals surface area contributed by atoms with Crippen molar-refractivity contribution < 1.29 is 17.6 Å². The zero-order valence-corrected chi connectivity index (χ0v) is 16.7. The van der Waals surface area contributed by atoms with Crippen molar-refractivity contribution in [1.29, 1.82) is 0 Å². The molecular weight excluding hydrogens is 412 g/mol. The maximum Gasteiger partial charge on any atom is 0.174 e. The molecule has 0 aliphatic rings. The Kier molecular flexibility index (Phi) is 7.84. The van der Waals surface area contributed by atoms with Crippen LogP contribution in [0.15, 0.2) is 97.1 Å². The molecule has 0 saturated carbocycles. The minimum atomic E-state index is -0.897. The van der Waals surface area contributed by atoms with E-state index in [1.54, 1.807) is 24.3 Å². The molecule has 32 heavy (non-hydrogen) atoms. The van der Waals surface area contributed by atoms with Crippen LogP contribution >= 0.6 is 0 Å². The second-order valence-electron chi connectivity index (χ2n) is 6.48. The smallest absolute Gasteiger partial charge is 0.174 e. The van der Waals surface area contributed by atoms with Gasteiger partial charge in [0.2, 0.25) is 0 Å². The predicted molar refractivity (Wildman–Crippen MR) is 118 cm³/mol. The van der Waals surface area contributed by atoms with Crippen LogP contribution in [-0.4, -0.2) is 0 Å². The third-order valence-electron chi connectivity index (χ3n) is 4.11. The van der Waals surface area contributed by atoms with Crippen LogP contribution < -0.4 is 0 Å². The Morgan fingerprint density at radius 2 is 0.875 bits per heavy atom. The molecule has 4 aromatic rings. The van der Waals surface area contributed by atoms with Crippen LogP contribution in [0.2, 0.25) is 0 Å². The summed E-state index contributed by atoms with van der Waals surface area (Å²) >= 11 is 0. The van der Waals surface area contributed by atoms with Crippen molar-refractivity contribution in [1.82, 2.24) is 0 Å². The Morgan fingerprint density at radius 3 is 1.41 bits per heavy atom. The Bertz CT molecular complexity index is 1240. The highest BCUT2D eigenvalue weighted by molar-refractivity contribution is 5.44. The number of hydrogen-bond acceptors (Lipinski definition) is 0. The fraction of sp³-hybridized carbons (Fsp3) is 0. The van der Waals surface area contributed by atoms with Gasteiger partial charge in [-0.3, -0.25) is 0 Å². The normalized spacial score (nSPS) is 9.38. The third kappa shape index (κ3) is 6.90. The molecule has 0 bridgehead atoms. The lowest BCUT2D eigenvalue weighted by molar-refractivity contribution is 0.506. The number of halogens is 4. The molecule has 0 nitrogen and oxygen atoms in total. The van der Waals surface area contributed by atoms with E-state index < -0.39 is 11.6 Å². The number of benzene rings is 4. The molecule has 0 fully saturated rings. The minimum Gasteiger partial charge on any atom is -0.207 e. The second-order valence-corrected chi connectivity index (χ2v) is 6.48. The molecular formula is C28H16F4. The van der Waals surface area contributed by atoms with E-state index in [1.165, 1.54) is 36.4 Å². The summed E-state index contributed by atoms with van der Waals surface area (Å²) < 4.78 is 51.3. The summed E-state index contributed by atoms with van der Waals surface area (Å²) in [6.45, 7) is 0. The van der Waals surface area contributed by atoms with Gasteiger partial charge < -0.3 is 0 Å². The van der Waals surface area contributed by atoms with Crippen LogP contribution in [0.3, 0.4) is 0 Å². The highest BCUT2D eigenvalue weighted by Gasteiger charge is 2.04. The van der Waals surface area contributed by atoms with Gasteiger partial charge in [-0.05, 0) is 72.8 Å². The summed E-state index contributed by atoms with van der Waals surface area (Å²) in [6, 6.07) is 25.0. The van der Waals surface area contributed by atoms with Crippen molar-refractivity contribution in [3.63, 3.8) is 0 Å². The van der Waals surface area contributed by atoms with E-state index in [2.05, 4.69) is 23.7 Å². The Balaban J connectivity index is 0.000000181. The van der Waals surface area contributed by atoms with Crippen molar-refractivity contribution in [3.8, 4) is 23.7 Å². The van der Waals surface area contributed by atoms with Crippen molar-refractivity contribution in [2.24, 2.45) is 0 Å². The molecule has 0 unspecified atom stereocenters. The van der Waals surface area contributed by atoms with Gasteiger partial charge in [0, 0.05) is 16.7 Å². The first kappa shape index (κ1) is 22.4. The zero-order valence-electron chi connectivity index (χ0n) is 16.7. The maximum atomic E-state index is 13.2. The summed E-state index contributed by atoms with van der Waals surface area (Å²) in [5.74, 6) is 8.77. The molecule has 4 aromatic carbocycles. The monoisotopic (exact) mass is 428 g/mol. The van der Waals surface area contributed by atoms with Crippen molar-refractivity contribution in [3.05, 3.63) is 143 Å². The Hall–Kier alpha value is -4.28. The average molecular weight is 428 g/mol. The zero-order chi connectivity index (χ0) is 22.8. The summed E-state index contributed by atoms with van der Waals surface area (Å²) in [6.07, 6.45) is 0. The molecule has 0 aliphatic heterocycles. The lowest BCUT2D eigenvalue weighted by atomic mass is 10.1. The first-order valence-corrected chi connectivity index (χ1v) is 9.55. The van der Waals surface area contributed by atoms with Gasteiger partial charge in [0.25, 0.3) is 0 Å². The Labute approximate surface area is 184 Å². The highest BCUT2D eigenvalue weighted by atomic mass is 19.2. The molecule has 156 valence electrons. The fourth-order valence-corrected chi connectivity index (χ4v) is 2.47. The predicted octanol–water partition coefficient (Wildman–Crippen LogP) is 6.73. The minimum absolute atomic E-state index is 0.0730. The van der Waals surface area contributed by atoms with Crippen LogP contribution in [0.25, 0.3) is 0 Å². The summed E-state index contributed by atoms with van der Waals surface area (Å²) in [4.78, 5) is 0. The molecule has 4 rings (SSSR count). The summed E-state index contributed by atoms with van der Waals surface area (Å²) in [7, 11) is 0. The van der Waals surface area contributed by atoms with Gasteiger partial charge in [-0.25, -0.2) is 17.6 Å². The van der Waals surface area contributed by atoms with Crippen LogP contribution in [0.4, 0.5) is 17.6 Å². The third-order valence-corrected chi connectivity index (χ3v) is 4.11. The lowest BCUT2D eigenvalue weighted by Crippen LogP contribution is -1.88. The van der Waals surface area contributed by atoms with Crippen molar-refractivity contribution in [2.45, 2.75) is 0 Å². The van der Waals surface area contributed by atoms with Crippen LogP contribution in [0, 0.1) is 47.0 Å². The standard InChI is InChI=1S/2C14H8F2/c15-13-7-3-11(4-8-13)1-2-12-5-9-14(16)10-6-12;15-13-8-4-7-12(14(13)16)10-9-11-5-2-1-3-6-11/h3-10H;1-8H. The van der Waals surface area contributed by atoms with Crippen LogP contribution in [-0.2, 0) is 0 Å². The largest absolute Gasteiger partial charge is 0.207 e. The molecule has 0 saturated heterocycles. The topological polar surface area (TPSA) is 0 Å². The molecule has 0 radical (unpaired) electrons. The molecule has 0 aliphatic carbocycles. The first-order chi connectivity index (χ1) is 15.5. The van der Waals surface area contributed by atoms with Gasteiger partial charge in [0.1, 0.15) is 11.6 Å². The van der Waals surface area contributed by atoms with E-state index in [4.69, 9.17) is 0 Å².